The Hall–Kier alpha value is -3.56. The average molecular weight is 626 g/mol. The number of nitrogens with zero attached hydrogens (tertiary/aromatic N) is 2. The number of benzene rings is 3. The molecule has 1 fully saturated rings. The summed E-state index contributed by atoms with van der Waals surface area (Å²) in [5, 5.41) is 3.56. The maximum Gasteiger partial charge on any atom is 0.264 e. The van der Waals surface area contributed by atoms with Crippen LogP contribution in [0.4, 0.5) is 5.69 Å². The molecule has 43 heavy (non-hydrogen) atoms. The molecule has 1 saturated carbocycles. The minimum absolute atomic E-state index is 0.00437. The van der Waals surface area contributed by atoms with E-state index in [9.17, 15) is 18.0 Å². The van der Waals surface area contributed by atoms with Crippen molar-refractivity contribution in [3.63, 3.8) is 0 Å². The molecule has 1 aliphatic rings. The van der Waals surface area contributed by atoms with E-state index in [1.54, 1.807) is 24.3 Å². The van der Waals surface area contributed by atoms with Crippen molar-refractivity contribution in [3.8, 4) is 5.75 Å². The summed E-state index contributed by atoms with van der Waals surface area (Å²) >= 11 is 6.04. The second-order valence-electron chi connectivity index (χ2n) is 10.7. The molecule has 3 aromatic carbocycles. The highest BCUT2D eigenvalue weighted by Gasteiger charge is 2.34. The molecule has 0 aromatic heterocycles. The van der Waals surface area contributed by atoms with Crippen molar-refractivity contribution in [2.75, 3.05) is 17.5 Å². The molecule has 8 nitrogen and oxygen atoms in total. The molecule has 0 aliphatic heterocycles. The zero-order chi connectivity index (χ0) is 30.8. The normalized spacial score (nSPS) is 14.5. The van der Waals surface area contributed by atoms with Crippen LogP contribution in [0, 0.1) is 0 Å². The van der Waals surface area contributed by atoms with Gasteiger partial charge in [0.1, 0.15) is 18.3 Å². The molecule has 10 heteroatoms. The standard InChI is InChI=1S/C33H40ClN3O5S/c1-3-31(33(39)35-27-13-9-6-10-14-27)36(23-25-11-7-5-8-12-25)32(38)24-37(28-17-19-29(20-18-28)42-4-2)43(40,41)30-21-15-26(34)16-22-30/h5,7-8,11-12,15-22,27,31H,3-4,6,9-10,13-14,23-24H2,1-2H3,(H,35,39). The van der Waals surface area contributed by atoms with E-state index in [1.807, 2.05) is 44.2 Å². The van der Waals surface area contributed by atoms with Gasteiger partial charge in [-0.2, -0.15) is 0 Å². The van der Waals surface area contributed by atoms with Crippen molar-refractivity contribution >= 4 is 39.1 Å². The highest BCUT2D eigenvalue weighted by atomic mass is 35.5. The topological polar surface area (TPSA) is 96.0 Å². The third-order valence-corrected chi connectivity index (χ3v) is 9.69. The summed E-state index contributed by atoms with van der Waals surface area (Å²) in [4.78, 5) is 29.3. The second kappa shape index (κ2) is 15.3. The van der Waals surface area contributed by atoms with Gasteiger partial charge in [-0.25, -0.2) is 8.42 Å². The van der Waals surface area contributed by atoms with Gasteiger partial charge in [0.05, 0.1) is 17.2 Å². The van der Waals surface area contributed by atoms with Gasteiger partial charge in [0.2, 0.25) is 11.8 Å². The number of carbonyl (C=O) groups is 2. The van der Waals surface area contributed by atoms with Crippen molar-refractivity contribution in [3.05, 3.63) is 89.4 Å². The van der Waals surface area contributed by atoms with Gasteiger partial charge in [-0.1, -0.05) is 68.1 Å². The van der Waals surface area contributed by atoms with Gasteiger partial charge in [0.15, 0.2) is 0 Å². The molecule has 0 spiro atoms. The quantitative estimate of drug-likeness (QED) is 0.244. The molecule has 1 unspecified atom stereocenters. The fourth-order valence-corrected chi connectivity index (χ4v) is 6.92. The number of carbonyl (C=O) groups excluding carboxylic acids is 2. The van der Waals surface area contributed by atoms with Crippen LogP contribution in [-0.2, 0) is 26.2 Å². The Morgan fingerprint density at radius 2 is 1.58 bits per heavy atom. The average Bonchev–Trinajstić information content (AvgIpc) is 3.01. The Kier molecular flexibility index (Phi) is 11.5. The largest absolute Gasteiger partial charge is 0.494 e. The summed E-state index contributed by atoms with van der Waals surface area (Å²) in [5.41, 5.74) is 1.14. The van der Waals surface area contributed by atoms with E-state index in [-0.39, 0.29) is 23.4 Å². The van der Waals surface area contributed by atoms with E-state index < -0.39 is 28.5 Å². The third-order valence-electron chi connectivity index (χ3n) is 7.65. The number of rotatable bonds is 13. The van der Waals surface area contributed by atoms with E-state index in [2.05, 4.69) is 5.32 Å². The predicted molar refractivity (Wildman–Crippen MR) is 170 cm³/mol. The van der Waals surface area contributed by atoms with Crippen LogP contribution < -0.4 is 14.4 Å². The van der Waals surface area contributed by atoms with Crippen LogP contribution in [0.1, 0.15) is 57.9 Å². The maximum atomic E-state index is 14.2. The van der Waals surface area contributed by atoms with Gasteiger partial charge in [-0.3, -0.25) is 13.9 Å². The number of hydrogen-bond acceptors (Lipinski definition) is 5. The zero-order valence-electron chi connectivity index (χ0n) is 24.7. The molecule has 0 heterocycles. The first-order valence-corrected chi connectivity index (χ1v) is 16.7. The molecular formula is C33H40ClN3O5S. The molecule has 1 N–H and O–H groups in total. The fraction of sp³-hybridized carbons (Fsp3) is 0.394. The molecule has 2 amide bonds. The first-order chi connectivity index (χ1) is 20.7. The lowest BCUT2D eigenvalue weighted by Crippen LogP contribution is -2.54. The molecule has 1 atom stereocenters. The summed E-state index contributed by atoms with van der Waals surface area (Å²) in [7, 11) is -4.19. The SMILES string of the molecule is CCOc1ccc(N(CC(=O)N(Cc2ccccc2)C(CC)C(=O)NC2CCCCC2)S(=O)(=O)c2ccc(Cl)cc2)cc1. The summed E-state index contributed by atoms with van der Waals surface area (Å²) in [5.74, 6) is -0.120. The van der Waals surface area contributed by atoms with Crippen LogP contribution >= 0.6 is 11.6 Å². The van der Waals surface area contributed by atoms with Crippen molar-refractivity contribution < 1.29 is 22.7 Å². The highest BCUT2D eigenvalue weighted by Crippen LogP contribution is 2.28. The Balaban J connectivity index is 1.69. The molecule has 3 aromatic rings. The van der Waals surface area contributed by atoms with Crippen LogP contribution in [0.3, 0.4) is 0 Å². The molecular weight excluding hydrogens is 586 g/mol. The molecule has 0 radical (unpaired) electrons. The summed E-state index contributed by atoms with van der Waals surface area (Å²) < 4.78 is 34.6. The van der Waals surface area contributed by atoms with Gasteiger partial charge in [0, 0.05) is 17.6 Å². The number of amides is 2. The zero-order valence-corrected chi connectivity index (χ0v) is 26.3. The fourth-order valence-electron chi connectivity index (χ4n) is 5.38. The van der Waals surface area contributed by atoms with Crippen LogP contribution in [-0.4, -0.2) is 50.4 Å². The van der Waals surface area contributed by atoms with E-state index in [0.717, 1.165) is 42.0 Å². The number of ether oxygens (including phenoxy) is 1. The summed E-state index contributed by atoms with van der Waals surface area (Å²) in [6.45, 7) is 3.85. The molecule has 1 aliphatic carbocycles. The number of anilines is 1. The number of hydrogen-bond donors (Lipinski definition) is 1. The van der Waals surface area contributed by atoms with Gasteiger partial charge >= 0.3 is 0 Å². The molecule has 4 rings (SSSR count). The second-order valence-corrected chi connectivity index (χ2v) is 13.0. The van der Waals surface area contributed by atoms with E-state index in [0.29, 0.717) is 29.5 Å². The minimum Gasteiger partial charge on any atom is -0.494 e. The Bertz CT molecular complexity index is 1440. The van der Waals surface area contributed by atoms with Gasteiger partial charge in [0.25, 0.3) is 10.0 Å². The van der Waals surface area contributed by atoms with E-state index in [4.69, 9.17) is 16.3 Å². The van der Waals surface area contributed by atoms with Gasteiger partial charge in [-0.15, -0.1) is 0 Å². The van der Waals surface area contributed by atoms with Crippen LogP contribution in [0.25, 0.3) is 0 Å². The number of sulfonamides is 1. The summed E-state index contributed by atoms with van der Waals surface area (Å²) in [6, 6.07) is 21.1. The lowest BCUT2D eigenvalue weighted by molar-refractivity contribution is -0.140. The lowest BCUT2D eigenvalue weighted by Gasteiger charge is -2.34. The lowest BCUT2D eigenvalue weighted by atomic mass is 9.95. The monoisotopic (exact) mass is 625 g/mol. The van der Waals surface area contributed by atoms with Crippen molar-refractivity contribution in [1.82, 2.24) is 10.2 Å². The minimum atomic E-state index is -4.19. The van der Waals surface area contributed by atoms with Crippen molar-refractivity contribution in [2.45, 2.75) is 75.9 Å². The molecule has 230 valence electrons. The summed E-state index contributed by atoms with van der Waals surface area (Å²) in [6.07, 6.45) is 5.50. The van der Waals surface area contributed by atoms with Crippen molar-refractivity contribution in [2.24, 2.45) is 0 Å². The van der Waals surface area contributed by atoms with Crippen LogP contribution in [0.2, 0.25) is 5.02 Å². The highest BCUT2D eigenvalue weighted by molar-refractivity contribution is 7.92. The maximum absolute atomic E-state index is 14.2. The van der Waals surface area contributed by atoms with Crippen LogP contribution in [0.15, 0.2) is 83.8 Å². The Labute approximate surface area is 260 Å². The molecule has 0 saturated heterocycles. The molecule has 0 bridgehead atoms. The van der Waals surface area contributed by atoms with Crippen molar-refractivity contribution in [1.29, 1.82) is 0 Å². The van der Waals surface area contributed by atoms with Gasteiger partial charge in [-0.05, 0) is 80.3 Å². The Morgan fingerprint density at radius 1 is 0.930 bits per heavy atom. The predicted octanol–water partition coefficient (Wildman–Crippen LogP) is 6.19. The Morgan fingerprint density at radius 3 is 2.19 bits per heavy atom. The first kappa shape index (κ1) is 32.4. The van der Waals surface area contributed by atoms with E-state index in [1.165, 1.54) is 29.2 Å². The van der Waals surface area contributed by atoms with Crippen LogP contribution in [0.5, 0.6) is 5.75 Å². The van der Waals surface area contributed by atoms with Gasteiger partial charge < -0.3 is 15.0 Å². The van der Waals surface area contributed by atoms with E-state index >= 15 is 0 Å². The third kappa shape index (κ3) is 8.51. The first-order valence-electron chi connectivity index (χ1n) is 14.9. The number of halogens is 1. The smallest absolute Gasteiger partial charge is 0.264 e. The number of nitrogens with one attached hydrogen (secondary N) is 1.